The molecule has 0 saturated carbocycles. The van der Waals surface area contributed by atoms with Gasteiger partial charge in [0.1, 0.15) is 0 Å². The maximum absolute atomic E-state index is 12.6. The van der Waals surface area contributed by atoms with Gasteiger partial charge in [-0.3, -0.25) is 14.5 Å². The molecule has 0 bridgehead atoms. The highest BCUT2D eigenvalue weighted by Gasteiger charge is 2.33. The first kappa shape index (κ1) is 15.9. The Morgan fingerprint density at radius 1 is 1.26 bits per heavy atom. The number of benzene rings is 1. The third-order valence-corrected chi connectivity index (χ3v) is 5.18. The maximum atomic E-state index is 12.6. The van der Waals surface area contributed by atoms with E-state index in [-0.39, 0.29) is 11.8 Å². The van der Waals surface area contributed by atoms with Crippen LogP contribution in [0.2, 0.25) is 0 Å². The Morgan fingerprint density at radius 3 is 2.61 bits per heavy atom. The summed E-state index contributed by atoms with van der Waals surface area (Å²) in [5.74, 6) is -0.261. The van der Waals surface area contributed by atoms with Gasteiger partial charge in [0, 0.05) is 17.5 Å². The summed E-state index contributed by atoms with van der Waals surface area (Å²) in [6.07, 6.45) is 1.86. The zero-order chi connectivity index (χ0) is 16.4. The Hall–Kier alpha value is -1.96. The van der Waals surface area contributed by atoms with Crippen molar-refractivity contribution in [2.75, 3.05) is 10.2 Å². The first-order valence-electron chi connectivity index (χ1n) is 6.74. The summed E-state index contributed by atoms with van der Waals surface area (Å²) >= 11 is 8.21. The van der Waals surface area contributed by atoms with Crippen LogP contribution in [-0.4, -0.2) is 16.1 Å². The van der Waals surface area contributed by atoms with Crippen molar-refractivity contribution >= 4 is 68.9 Å². The van der Waals surface area contributed by atoms with Crippen LogP contribution in [0, 0.1) is 0 Å². The molecule has 116 valence electrons. The number of carbonyl (C=O) groups is 2. The lowest BCUT2D eigenvalue weighted by molar-refractivity contribution is -0.114. The molecule has 7 heteroatoms. The third-order valence-electron chi connectivity index (χ3n) is 3.06. The smallest absolute Gasteiger partial charge is 0.270 e. The van der Waals surface area contributed by atoms with Crippen molar-refractivity contribution in [3.05, 3.63) is 51.6 Å². The van der Waals surface area contributed by atoms with E-state index in [1.807, 2.05) is 23.6 Å². The molecule has 23 heavy (non-hydrogen) atoms. The summed E-state index contributed by atoms with van der Waals surface area (Å²) in [7, 11) is 0. The van der Waals surface area contributed by atoms with Gasteiger partial charge in [-0.1, -0.05) is 30.0 Å². The minimum atomic E-state index is -0.137. The van der Waals surface area contributed by atoms with Gasteiger partial charge in [0.2, 0.25) is 5.91 Å². The second-order valence-corrected chi connectivity index (χ2v) is 7.42. The van der Waals surface area contributed by atoms with E-state index in [0.29, 0.717) is 20.6 Å². The summed E-state index contributed by atoms with van der Waals surface area (Å²) in [4.78, 5) is 26.8. The average molecular weight is 360 g/mol. The van der Waals surface area contributed by atoms with E-state index in [1.54, 1.807) is 35.6 Å². The zero-order valence-corrected chi connectivity index (χ0v) is 14.6. The zero-order valence-electron chi connectivity index (χ0n) is 12.1. The van der Waals surface area contributed by atoms with Crippen LogP contribution in [0.1, 0.15) is 11.8 Å². The van der Waals surface area contributed by atoms with E-state index in [0.717, 1.165) is 4.88 Å². The quantitative estimate of drug-likeness (QED) is 0.661. The van der Waals surface area contributed by atoms with E-state index in [9.17, 15) is 9.59 Å². The predicted octanol–water partition coefficient (Wildman–Crippen LogP) is 4.11. The lowest BCUT2D eigenvalue weighted by atomic mass is 10.2. The molecule has 1 aromatic heterocycles. The van der Waals surface area contributed by atoms with Crippen LogP contribution >= 0.6 is 35.3 Å². The Kier molecular flexibility index (Phi) is 4.61. The van der Waals surface area contributed by atoms with Crippen LogP contribution in [-0.2, 0) is 9.59 Å². The topological polar surface area (TPSA) is 49.4 Å². The van der Waals surface area contributed by atoms with Crippen molar-refractivity contribution in [3.8, 4) is 0 Å². The number of thiophene rings is 1. The number of hydrogen-bond acceptors (Lipinski definition) is 5. The Morgan fingerprint density at radius 2 is 2.00 bits per heavy atom. The molecule has 1 aliphatic heterocycles. The molecule has 0 unspecified atom stereocenters. The molecule has 4 nitrogen and oxygen atoms in total. The molecule has 1 aliphatic rings. The molecule has 3 rings (SSSR count). The van der Waals surface area contributed by atoms with Crippen molar-refractivity contribution in [1.82, 2.24) is 0 Å². The molecule has 0 radical (unpaired) electrons. The van der Waals surface area contributed by atoms with Crippen molar-refractivity contribution in [1.29, 1.82) is 0 Å². The molecule has 1 aromatic carbocycles. The van der Waals surface area contributed by atoms with Crippen LogP contribution in [0.4, 0.5) is 11.4 Å². The lowest BCUT2D eigenvalue weighted by Crippen LogP contribution is -2.27. The standard InChI is InChI=1S/C16H12N2O2S3/c1-10(19)17-11-4-6-12(7-5-11)18-15(20)14(23-16(18)21)9-13-3-2-8-22-13/h2-9H,1H3,(H,17,19)/b14-9+. The Balaban J connectivity index is 1.84. The summed E-state index contributed by atoms with van der Waals surface area (Å²) in [6.45, 7) is 1.45. The fourth-order valence-corrected chi connectivity index (χ4v) is 4.11. The number of anilines is 2. The summed E-state index contributed by atoms with van der Waals surface area (Å²) in [5, 5.41) is 4.66. The molecule has 0 atom stereocenters. The molecule has 2 heterocycles. The molecular formula is C16H12N2O2S3. The van der Waals surface area contributed by atoms with E-state index in [2.05, 4.69) is 5.32 Å². The number of amides is 2. The normalized spacial score (nSPS) is 16.2. The van der Waals surface area contributed by atoms with Crippen LogP contribution in [0.3, 0.4) is 0 Å². The molecule has 1 saturated heterocycles. The largest absolute Gasteiger partial charge is 0.326 e. The Labute approximate surface area is 147 Å². The number of thioether (sulfide) groups is 1. The van der Waals surface area contributed by atoms with Gasteiger partial charge in [-0.2, -0.15) is 0 Å². The first-order valence-corrected chi connectivity index (χ1v) is 8.84. The summed E-state index contributed by atoms with van der Waals surface area (Å²) in [6, 6.07) is 10.9. The fourth-order valence-electron chi connectivity index (χ4n) is 2.09. The van der Waals surface area contributed by atoms with Gasteiger partial charge in [0.15, 0.2) is 4.32 Å². The van der Waals surface area contributed by atoms with Crippen molar-refractivity contribution in [2.24, 2.45) is 0 Å². The summed E-state index contributed by atoms with van der Waals surface area (Å²) < 4.78 is 0.505. The number of thiocarbonyl (C=S) groups is 1. The number of nitrogens with zero attached hydrogens (tertiary/aromatic N) is 1. The highest BCUT2D eigenvalue weighted by molar-refractivity contribution is 8.27. The molecule has 2 aromatic rings. The van der Waals surface area contributed by atoms with E-state index in [4.69, 9.17) is 12.2 Å². The van der Waals surface area contributed by atoms with Gasteiger partial charge in [-0.15, -0.1) is 11.3 Å². The van der Waals surface area contributed by atoms with Gasteiger partial charge in [0.25, 0.3) is 5.91 Å². The van der Waals surface area contributed by atoms with Gasteiger partial charge in [-0.05, 0) is 41.8 Å². The Bertz CT molecular complexity index is 795. The number of carbonyl (C=O) groups excluding carboxylic acids is 2. The molecule has 1 fully saturated rings. The fraction of sp³-hybridized carbons (Fsp3) is 0.0625. The summed E-state index contributed by atoms with van der Waals surface area (Å²) in [5.41, 5.74) is 1.37. The van der Waals surface area contributed by atoms with E-state index in [1.165, 1.54) is 23.6 Å². The SMILES string of the molecule is CC(=O)Nc1ccc(N2C(=O)/C(=C\c3cccs3)SC2=S)cc1. The van der Waals surface area contributed by atoms with Gasteiger partial charge in [-0.25, -0.2) is 0 Å². The number of rotatable bonds is 3. The highest BCUT2D eigenvalue weighted by Crippen LogP contribution is 2.36. The second kappa shape index (κ2) is 6.66. The van der Waals surface area contributed by atoms with Crippen LogP contribution in [0.15, 0.2) is 46.7 Å². The molecule has 1 N–H and O–H groups in total. The number of nitrogens with one attached hydrogen (secondary N) is 1. The van der Waals surface area contributed by atoms with Gasteiger partial charge >= 0.3 is 0 Å². The second-order valence-electron chi connectivity index (χ2n) is 4.76. The van der Waals surface area contributed by atoms with Crippen molar-refractivity contribution in [3.63, 3.8) is 0 Å². The van der Waals surface area contributed by atoms with E-state index < -0.39 is 0 Å². The molecule has 0 spiro atoms. The van der Waals surface area contributed by atoms with Crippen LogP contribution in [0.25, 0.3) is 6.08 Å². The van der Waals surface area contributed by atoms with Gasteiger partial charge < -0.3 is 5.32 Å². The van der Waals surface area contributed by atoms with Crippen molar-refractivity contribution < 1.29 is 9.59 Å². The number of hydrogen-bond donors (Lipinski definition) is 1. The van der Waals surface area contributed by atoms with Crippen LogP contribution in [0.5, 0.6) is 0 Å². The average Bonchev–Trinajstić information content (AvgIpc) is 3.09. The predicted molar refractivity (Wildman–Crippen MR) is 101 cm³/mol. The monoisotopic (exact) mass is 360 g/mol. The lowest BCUT2D eigenvalue weighted by Gasteiger charge is -2.15. The minimum Gasteiger partial charge on any atom is -0.326 e. The molecular weight excluding hydrogens is 348 g/mol. The highest BCUT2D eigenvalue weighted by atomic mass is 32.2. The maximum Gasteiger partial charge on any atom is 0.270 e. The minimum absolute atomic E-state index is 0.124. The van der Waals surface area contributed by atoms with Gasteiger partial charge in [0.05, 0.1) is 10.6 Å². The van der Waals surface area contributed by atoms with Crippen LogP contribution < -0.4 is 10.2 Å². The molecule has 0 aliphatic carbocycles. The van der Waals surface area contributed by atoms with Crippen molar-refractivity contribution in [2.45, 2.75) is 6.92 Å². The van der Waals surface area contributed by atoms with E-state index >= 15 is 0 Å². The third kappa shape index (κ3) is 3.52. The first-order chi connectivity index (χ1) is 11.0. The molecule has 2 amide bonds.